The van der Waals surface area contributed by atoms with Gasteiger partial charge in [-0.05, 0) is 30.7 Å². The Hall–Kier alpha value is -1.13. The Bertz CT molecular complexity index is 351. The van der Waals surface area contributed by atoms with E-state index in [1.165, 1.54) is 0 Å². The molecule has 0 aliphatic carbocycles. The van der Waals surface area contributed by atoms with Crippen LogP contribution >= 0.6 is 12.2 Å². The van der Waals surface area contributed by atoms with E-state index < -0.39 is 0 Å². The third-order valence-electron chi connectivity index (χ3n) is 2.51. The summed E-state index contributed by atoms with van der Waals surface area (Å²) < 4.78 is 5.45. The van der Waals surface area contributed by atoms with Crippen LogP contribution in [0.3, 0.4) is 0 Å². The molecule has 3 nitrogen and oxygen atoms in total. The van der Waals surface area contributed by atoms with Crippen molar-refractivity contribution in [2.45, 2.75) is 13.3 Å². The third-order valence-corrected chi connectivity index (χ3v) is 2.75. The first-order valence-electron chi connectivity index (χ1n) is 5.84. The monoisotopic (exact) mass is 252 g/mol. The summed E-state index contributed by atoms with van der Waals surface area (Å²) >= 11 is 4.91. The molecule has 0 unspecified atom stereocenters. The topological polar surface area (TPSA) is 38.5 Å². The lowest BCUT2D eigenvalue weighted by Crippen LogP contribution is -2.22. The highest BCUT2D eigenvalue weighted by atomic mass is 32.1. The Morgan fingerprint density at radius 3 is 2.47 bits per heavy atom. The molecule has 0 spiro atoms. The van der Waals surface area contributed by atoms with E-state index in [4.69, 9.17) is 22.7 Å². The zero-order valence-corrected chi connectivity index (χ0v) is 11.3. The van der Waals surface area contributed by atoms with Crippen LogP contribution in [0, 0.1) is 0 Å². The van der Waals surface area contributed by atoms with E-state index >= 15 is 0 Å². The number of thiocarbonyl (C=S) groups is 1. The third kappa shape index (κ3) is 4.71. The van der Waals surface area contributed by atoms with Crippen LogP contribution in [-0.2, 0) is 4.74 Å². The molecule has 2 N–H and O–H groups in total. The second-order valence-electron chi connectivity index (χ2n) is 3.95. The lowest BCUT2D eigenvalue weighted by Gasteiger charge is -2.19. The molecule has 0 saturated carbocycles. The maximum atomic E-state index is 5.55. The molecule has 1 aromatic rings. The number of anilines is 1. The van der Waals surface area contributed by atoms with Crippen molar-refractivity contribution >= 4 is 22.9 Å². The van der Waals surface area contributed by atoms with Crippen LogP contribution in [0.5, 0.6) is 0 Å². The second-order valence-corrected chi connectivity index (χ2v) is 4.38. The van der Waals surface area contributed by atoms with E-state index in [2.05, 4.69) is 11.8 Å². The first kappa shape index (κ1) is 13.9. The summed E-state index contributed by atoms with van der Waals surface area (Å²) in [4.78, 5) is 2.59. The molecule has 1 aromatic carbocycles. The van der Waals surface area contributed by atoms with Gasteiger partial charge in [0.1, 0.15) is 4.99 Å². The van der Waals surface area contributed by atoms with E-state index in [0.717, 1.165) is 37.4 Å². The maximum absolute atomic E-state index is 5.55. The number of rotatable bonds is 7. The van der Waals surface area contributed by atoms with Crippen LogP contribution in [0.4, 0.5) is 5.69 Å². The molecule has 0 aliphatic rings. The number of nitrogens with zero attached hydrogens (tertiary/aromatic N) is 1. The van der Waals surface area contributed by atoms with Gasteiger partial charge in [-0.2, -0.15) is 0 Å². The largest absolute Gasteiger partial charge is 0.389 e. The molecule has 0 aromatic heterocycles. The Labute approximate surface area is 109 Å². The van der Waals surface area contributed by atoms with Gasteiger partial charge in [0.25, 0.3) is 0 Å². The SMILES string of the molecule is CCCOCCN(C)c1ccc(C(N)=S)cc1. The van der Waals surface area contributed by atoms with Crippen molar-refractivity contribution < 1.29 is 4.74 Å². The highest BCUT2D eigenvalue weighted by Gasteiger charge is 2.01. The second kappa shape index (κ2) is 7.25. The van der Waals surface area contributed by atoms with Crippen molar-refractivity contribution in [2.24, 2.45) is 5.73 Å². The summed E-state index contributed by atoms with van der Waals surface area (Å²) in [6.07, 6.45) is 1.06. The summed E-state index contributed by atoms with van der Waals surface area (Å²) in [5, 5.41) is 0. The molecule has 0 aliphatic heterocycles. The molecule has 0 heterocycles. The van der Waals surface area contributed by atoms with E-state index in [9.17, 15) is 0 Å². The Morgan fingerprint density at radius 1 is 1.29 bits per heavy atom. The minimum Gasteiger partial charge on any atom is -0.389 e. The van der Waals surface area contributed by atoms with Crippen molar-refractivity contribution in [2.75, 3.05) is 31.7 Å². The Morgan fingerprint density at radius 2 is 1.94 bits per heavy atom. The minimum atomic E-state index is 0.436. The molecule has 17 heavy (non-hydrogen) atoms. The van der Waals surface area contributed by atoms with Crippen LogP contribution in [0.15, 0.2) is 24.3 Å². The van der Waals surface area contributed by atoms with Gasteiger partial charge in [0.15, 0.2) is 0 Å². The maximum Gasteiger partial charge on any atom is 0.103 e. The molecular weight excluding hydrogens is 232 g/mol. The molecule has 0 bridgehead atoms. The van der Waals surface area contributed by atoms with Crippen molar-refractivity contribution in [3.05, 3.63) is 29.8 Å². The fourth-order valence-corrected chi connectivity index (χ4v) is 1.59. The molecule has 0 atom stereocenters. The number of nitrogens with two attached hydrogens (primary N) is 1. The summed E-state index contributed by atoms with van der Waals surface area (Å²) in [6.45, 7) is 4.57. The fourth-order valence-electron chi connectivity index (χ4n) is 1.46. The number of hydrogen-bond donors (Lipinski definition) is 1. The van der Waals surface area contributed by atoms with Crippen molar-refractivity contribution in [1.29, 1.82) is 0 Å². The normalized spacial score (nSPS) is 10.2. The fraction of sp³-hybridized carbons (Fsp3) is 0.462. The average molecular weight is 252 g/mol. The first-order chi connectivity index (χ1) is 8.15. The zero-order chi connectivity index (χ0) is 12.7. The standard InChI is InChI=1S/C13H20N2OS/c1-3-9-16-10-8-15(2)12-6-4-11(5-7-12)13(14)17/h4-7H,3,8-10H2,1-2H3,(H2,14,17). The van der Waals surface area contributed by atoms with Gasteiger partial charge in [-0.15, -0.1) is 0 Å². The van der Waals surface area contributed by atoms with Gasteiger partial charge in [0.2, 0.25) is 0 Å². The Balaban J connectivity index is 2.46. The summed E-state index contributed by atoms with van der Waals surface area (Å²) in [7, 11) is 2.05. The highest BCUT2D eigenvalue weighted by molar-refractivity contribution is 7.80. The molecule has 4 heteroatoms. The van der Waals surface area contributed by atoms with Gasteiger partial charge in [0, 0.05) is 31.5 Å². The van der Waals surface area contributed by atoms with Gasteiger partial charge < -0.3 is 15.4 Å². The lowest BCUT2D eigenvalue weighted by molar-refractivity contribution is 0.141. The Kier molecular flexibility index (Phi) is 5.94. The predicted octanol–water partition coefficient (Wildman–Crippen LogP) is 2.18. The van der Waals surface area contributed by atoms with Gasteiger partial charge >= 0.3 is 0 Å². The van der Waals surface area contributed by atoms with Crippen LogP contribution in [-0.4, -0.2) is 31.8 Å². The predicted molar refractivity (Wildman–Crippen MR) is 76.7 cm³/mol. The van der Waals surface area contributed by atoms with E-state index in [1.807, 2.05) is 31.3 Å². The minimum absolute atomic E-state index is 0.436. The highest BCUT2D eigenvalue weighted by Crippen LogP contribution is 2.13. The van der Waals surface area contributed by atoms with Crippen LogP contribution < -0.4 is 10.6 Å². The lowest BCUT2D eigenvalue weighted by atomic mass is 10.2. The van der Waals surface area contributed by atoms with E-state index in [1.54, 1.807) is 0 Å². The van der Waals surface area contributed by atoms with Gasteiger partial charge in [-0.3, -0.25) is 0 Å². The quantitative estimate of drug-likeness (QED) is 0.596. The van der Waals surface area contributed by atoms with Crippen molar-refractivity contribution in [1.82, 2.24) is 0 Å². The molecule has 94 valence electrons. The van der Waals surface area contributed by atoms with Gasteiger partial charge in [0.05, 0.1) is 6.61 Å². The summed E-state index contributed by atoms with van der Waals surface area (Å²) in [6, 6.07) is 7.94. The number of hydrogen-bond acceptors (Lipinski definition) is 3. The number of likely N-dealkylation sites (N-methyl/N-ethyl adjacent to an activating group) is 1. The van der Waals surface area contributed by atoms with Crippen LogP contribution in [0.1, 0.15) is 18.9 Å². The smallest absolute Gasteiger partial charge is 0.103 e. The number of ether oxygens (including phenoxy) is 1. The van der Waals surface area contributed by atoms with Gasteiger partial charge in [-0.1, -0.05) is 19.1 Å². The molecule has 0 saturated heterocycles. The molecule has 0 fully saturated rings. The van der Waals surface area contributed by atoms with Crippen LogP contribution in [0.25, 0.3) is 0 Å². The molecular formula is C13H20N2OS. The van der Waals surface area contributed by atoms with Crippen LogP contribution in [0.2, 0.25) is 0 Å². The molecule has 0 radical (unpaired) electrons. The van der Waals surface area contributed by atoms with E-state index in [-0.39, 0.29) is 0 Å². The first-order valence-corrected chi connectivity index (χ1v) is 6.24. The van der Waals surface area contributed by atoms with Gasteiger partial charge in [-0.25, -0.2) is 0 Å². The van der Waals surface area contributed by atoms with E-state index in [0.29, 0.717) is 4.99 Å². The summed E-state index contributed by atoms with van der Waals surface area (Å²) in [5.74, 6) is 0. The molecule has 0 amide bonds. The van der Waals surface area contributed by atoms with Crippen molar-refractivity contribution in [3.8, 4) is 0 Å². The summed E-state index contributed by atoms with van der Waals surface area (Å²) in [5.41, 5.74) is 7.60. The average Bonchev–Trinajstić information content (AvgIpc) is 2.34. The molecule has 1 rings (SSSR count). The number of benzene rings is 1. The van der Waals surface area contributed by atoms with Crippen molar-refractivity contribution in [3.63, 3.8) is 0 Å². The zero-order valence-electron chi connectivity index (χ0n) is 10.5.